The minimum Gasteiger partial charge on any atom is -0.333 e. The predicted octanol–water partition coefficient (Wildman–Crippen LogP) is 2.89. The monoisotopic (exact) mass is 331 g/mol. The Morgan fingerprint density at radius 1 is 1.08 bits per heavy atom. The molecule has 3 rings (SSSR count). The third-order valence-corrected chi connectivity index (χ3v) is 3.68. The molecular formula is C17H15F2N3O2. The molecule has 7 heteroatoms. The molecule has 1 atom stereocenters. The van der Waals surface area contributed by atoms with Crippen molar-refractivity contribution in [2.45, 2.75) is 12.5 Å². The van der Waals surface area contributed by atoms with E-state index in [9.17, 15) is 18.4 Å². The molecule has 2 aromatic rings. The quantitative estimate of drug-likeness (QED) is 0.908. The Balaban J connectivity index is 1.59. The lowest BCUT2D eigenvalue weighted by molar-refractivity contribution is -0.117. The van der Waals surface area contributed by atoms with Crippen LogP contribution in [0.2, 0.25) is 0 Å². The lowest BCUT2D eigenvalue weighted by Gasteiger charge is -2.17. The summed E-state index contributed by atoms with van der Waals surface area (Å²) in [6.45, 7) is 0.293. The molecule has 1 aliphatic rings. The maximum Gasteiger partial charge on any atom is 0.319 e. The van der Waals surface area contributed by atoms with Crippen LogP contribution in [0.1, 0.15) is 6.42 Å². The van der Waals surface area contributed by atoms with Crippen molar-refractivity contribution in [3.8, 4) is 0 Å². The molecule has 1 aliphatic heterocycles. The normalized spacial score (nSPS) is 17.0. The Morgan fingerprint density at radius 3 is 2.54 bits per heavy atom. The van der Waals surface area contributed by atoms with Gasteiger partial charge >= 0.3 is 6.03 Å². The van der Waals surface area contributed by atoms with E-state index in [1.165, 1.54) is 47.4 Å². The van der Waals surface area contributed by atoms with Gasteiger partial charge in [-0.25, -0.2) is 13.6 Å². The van der Waals surface area contributed by atoms with E-state index < -0.39 is 11.8 Å². The first kappa shape index (κ1) is 15.9. The van der Waals surface area contributed by atoms with Crippen LogP contribution < -0.4 is 15.5 Å². The average molecular weight is 331 g/mol. The summed E-state index contributed by atoms with van der Waals surface area (Å²) in [6.07, 6.45) is 0.147. The molecule has 0 saturated carbocycles. The summed E-state index contributed by atoms with van der Waals surface area (Å²) in [7, 11) is 0. The third kappa shape index (κ3) is 3.68. The highest BCUT2D eigenvalue weighted by Gasteiger charge is 2.31. The van der Waals surface area contributed by atoms with Gasteiger partial charge in [0, 0.05) is 24.3 Å². The van der Waals surface area contributed by atoms with Crippen molar-refractivity contribution in [3.05, 3.63) is 60.2 Å². The number of hydrogen-bond donors (Lipinski definition) is 2. The maximum absolute atomic E-state index is 13.1. The Kier molecular flexibility index (Phi) is 4.41. The van der Waals surface area contributed by atoms with Crippen LogP contribution in [0.3, 0.4) is 0 Å². The van der Waals surface area contributed by atoms with Crippen molar-refractivity contribution >= 4 is 23.3 Å². The summed E-state index contributed by atoms with van der Waals surface area (Å²) >= 11 is 0. The van der Waals surface area contributed by atoms with Crippen LogP contribution in [0.4, 0.5) is 25.0 Å². The molecule has 124 valence electrons. The number of carbonyl (C=O) groups excluding carboxylic acids is 2. The van der Waals surface area contributed by atoms with Gasteiger partial charge in [-0.1, -0.05) is 6.07 Å². The van der Waals surface area contributed by atoms with Crippen LogP contribution >= 0.6 is 0 Å². The molecule has 1 saturated heterocycles. The second kappa shape index (κ2) is 6.66. The zero-order valence-corrected chi connectivity index (χ0v) is 12.6. The Morgan fingerprint density at radius 2 is 1.83 bits per heavy atom. The standard InChI is InChI=1S/C17H15F2N3O2/c18-11-4-6-15(7-5-11)22-10-14(9-16(22)23)21-17(24)20-13-3-1-2-12(19)8-13/h1-8,14H,9-10H2,(H2,20,21,24)/t14-/m1/s1. The van der Waals surface area contributed by atoms with Gasteiger partial charge in [0.05, 0.1) is 6.04 Å². The van der Waals surface area contributed by atoms with Gasteiger partial charge in [0.2, 0.25) is 5.91 Å². The smallest absolute Gasteiger partial charge is 0.319 e. The lowest BCUT2D eigenvalue weighted by atomic mass is 10.2. The number of benzene rings is 2. The van der Waals surface area contributed by atoms with Crippen molar-refractivity contribution in [3.63, 3.8) is 0 Å². The molecule has 2 N–H and O–H groups in total. The number of nitrogens with one attached hydrogen (secondary N) is 2. The van der Waals surface area contributed by atoms with Crippen LogP contribution in [0.15, 0.2) is 48.5 Å². The van der Waals surface area contributed by atoms with E-state index in [2.05, 4.69) is 10.6 Å². The predicted molar refractivity (Wildman–Crippen MR) is 85.7 cm³/mol. The second-order valence-electron chi connectivity index (χ2n) is 5.49. The topological polar surface area (TPSA) is 61.4 Å². The molecular weight excluding hydrogens is 316 g/mol. The summed E-state index contributed by atoms with van der Waals surface area (Å²) in [5.41, 5.74) is 0.906. The fraction of sp³-hybridized carbons (Fsp3) is 0.176. The maximum atomic E-state index is 13.1. The number of rotatable bonds is 3. The van der Waals surface area contributed by atoms with E-state index in [0.29, 0.717) is 17.9 Å². The van der Waals surface area contributed by atoms with Crippen molar-refractivity contribution in [1.29, 1.82) is 0 Å². The summed E-state index contributed by atoms with van der Waals surface area (Å²) in [4.78, 5) is 25.5. The van der Waals surface area contributed by atoms with E-state index in [1.54, 1.807) is 6.07 Å². The van der Waals surface area contributed by atoms with Gasteiger partial charge in [-0.2, -0.15) is 0 Å². The van der Waals surface area contributed by atoms with Gasteiger partial charge in [0.25, 0.3) is 0 Å². The molecule has 1 fully saturated rings. The number of nitrogens with zero attached hydrogens (tertiary/aromatic N) is 1. The van der Waals surface area contributed by atoms with Gasteiger partial charge in [-0.15, -0.1) is 0 Å². The van der Waals surface area contributed by atoms with Crippen LogP contribution in [-0.4, -0.2) is 24.5 Å². The first-order chi connectivity index (χ1) is 11.5. The van der Waals surface area contributed by atoms with Gasteiger partial charge in [0.1, 0.15) is 11.6 Å². The van der Waals surface area contributed by atoms with E-state index in [0.717, 1.165) is 0 Å². The van der Waals surface area contributed by atoms with Crippen LogP contribution in [-0.2, 0) is 4.79 Å². The molecule has 0 aliphatic carbocycles. The summed E-state index contributed by atoms with van der Waals surface area (Å²) in [6, 6.07) is 10.2. The number of halogens is 2. The molecule has 0 aromatic heterocycles. The minimum absolute atomic E-state index is 0.147. The van der Waals surface area contributed by atoms with Crippen molar-refractivity contribution in [2.75, 3.05) is 16.8 Å². The van der Waals surface area contributed by atoms with Crippen molar-refractivity contribution in [2.24, 2.45) is 0 Å². The number of urea groups is 1. The number of anilines is 2. The summed E-state index contributed by atoms with van der Waals surface area (Å²) < 4.78 is 26.1. The molecule has 0 spiro atoms. The zero-order valence-electron chi connectivity index (χ0n) is 12.6. The van der Waals surface area contributed by atoms with Gasteiger partial charge in [0.15, 0.2) is 0 Å². The van der Waals surface area contributed by atoms with Gasteiger partial charge in [-0.3, -0.25) is 4.79 Å². The number of amides is 3. The Hall–Kier alpha value is -2.96. The highest BCUT2D eigenvalue weighted by Crippen LogP contribution is 2.22. The minimum atomic E-state index is -0.514. The highest BCUT2D eigenvalue weighted by atomic mass is 19.1. The molecule has 3 amide bonds. The highest BCUT2D eigenvalue weighted by molar-refractivity contribution is 5.97. The molecule has 0 radical (unpaired) electrons. The lowest BCUT2D eigenvalue weighted by Crippen LogP contribution is -2.39. The summed E-state index contributed by atoms with van der Waals surface area (Å²) in [5.74, 6) is -0.987. The number of hydrogen-bond acceptors (Lipinski definition) is 2. The van der Waals surface area contributed by atoms with E-state index in [-0.39, 0.29) is 24.2 Å². The first-order valence-electron chi connectivity index (χ1n) is 7.40. The molecule has 2 aromatic carbocycles. The molecule has 5 nitrogen and oxygen atoms in total. The Labute approximate surface area is 137 Å². The molecule has 24 heavy (non-hydrogen) atoms. The van der Waals surface area contributed by atoms with E-state index in [1.807, 2.05) is 0 Å². The number of carbonyl (C=O) groups is 2. The summed E-state index contributed by atoms with van der Waals surface area (Å²) in [5, 5.41) is 5.20. The molecule has 0 bridgehead atoms. The van der Waals surface area contributed by atoms with Crippen LogP contribution in [0, 0.1) is 11.6 Å². The van der Waals surface area contributed by atoms with Gasteiger partial charge < -0.3 is 15.5 Å². The third-order valence-electron chi connectivity index (χ3n) is 3.68. The second-order valence-corrected chi connectivity index (χ2v) is 5.49. The average Bonchev–Trinajstić information content (AvgIpc) is 2.88. The fourth-order valence-corrected chi connectivity index (χ4v) is 2.59. The molecule has 1 heterocycles. The van der Waals surface area contributed by atoms with Crippen molar-refractivity contribution in [1.82, 2.24) is 5.32 Å². The van der Waals surface area contributed by atoms with E-state index in [4.69, 9.17) is 0 Å². The van der Waals surface area contributed by atoms with Gasteiger partial charge in [-0.05, 0) is 42.5 Å². The van der Waals surface area contributed by atoms with E-state index >= 15 is 0 Å². The fourth-order valence-electron chi connectivity index (χ4n) is 2.59. The Bertz CT molecular complexity index is 765. The zero-order chi connectivity index (χ0) is 17.1. The van der Waals surface area contributed by atoms with Crippen LogP contribution in [0.5, 0.6) is 0 Å². The first-order valence-corrected chi connectivity index (χ1v) is 7.40. The molecule has 0 unspecified atom stereocenters. The SMILES string of the molecule is O=C(Nc1cccc(F)c1)N[C@@H]1CC(=O)N(c2ccc(F)cc2)C1. The van der Waals surface area contributed by atoms with Crippen LogP contribution in [0.25, 0.3) is 0 Å². The largest absolute Gasteiger partial charge is 0.333 e. The van der Waals surface area contributed by atoms with Crippen molar-refractivity contribution < 1.29 is 18.4 Å².